The van der Waals surface area contributed by atoms with Crippen LogP contribution in [0.3, 0.4) is 0 Å². The van der Waals surface area contributed by atoms with Gasteiger partial charge in [0, 0.05) is 32.6 Å². The van der Waals surface area contributed by atoms with Gasteiger partial charge in [0.05, 0.1) is 6.04 Å². The summed E-state index contributed by atoms with van der Waals surface area (Å²) in [5.41, 5.74) is -0.726. The molecule has 1 saturated carbocycles. The van der Waals surface area contributed by atoms with Crippen molar-refractivity contribution >= 4 is 17.8 Å². The molecule has 168 valence electrons. The highest BCUT2D eigenvalue weighted by Crippen LogP contribution is 2.33. The number of carbonyl (C=O) groups is 3. The first kappa shape index (κ1) is 21.6. The minimum Gasteiger partial charge on any atom is -0.341 e. The highest BCUT2D eigenvalue weighted by atomic mass is 16.2. The second-order valence-corrected chi connectivity index (χ2v) is 9.85. The van der Waals surface area contributed by atoms with Crippen LogP contribution >= 0.6 is 0 Å². The minimum absolute atomic E-state index is 0.0612. The molecule has 1 atom stereocenters. The fraction of sp³-hybridized carbons (Fsp3) is 0.870. The zero-order chi connectivity index (χ0) is 21.1. The Morgan fingerprint density at radius 3 is 2.50 bits per heavy atom. The Kier molecular flexibility index (Phi) is 6.66. The zero-order valence-electron chi connectivity index (χ0n) is 18.5. The van der Waals surface area contributed by atoms with E-state index in [2.05, 4.69) is 17.1 Å². The molecule has 0 aromatic carbocycles. The molecule has 4 amide bonds. The first-order chi connectivity index (χ1) is 14.5. The van der Waals surface area contributed by atoms with E-state index in [-0.39, 0.29) is 23.9 Å². The van der Waals surface area contributed by atoms with Gasteiger partial charge >= 0.3 is 6.03 Å². The third-order valence-electron chi connectivity index (χ3n) is 7.80. The molecule has 7 heteroatoms. The normalized spacial score (nSPS) is 27.8. The number of amides is 4. The monoisotopic (exact) mass is 418 g/mol. The van der Waals surface area contributed by atoms with Crippen LogP contribution in [0.4, 0.5) is 4.79 Å². The number of rotatable bonds is 6. The molecule has 4 aliphatic rings. The summed E-state index contributed by atoms with van der Waals surface area (Å²) in [4.78, 5) is 44.7. The van der Waals surface area contributed by atoms with Gasteiger partial charge in [0.25, 0.3) is 5.91 Å². The quantitative estimate of drug-likeness (QED) is 0.673. The number of carbonyl (C=O) groups excluding carboxylic acids is 3. The van der Waals surface area contributed by atoms with Crippen LogP contribution in [0.1, 0.15) is 77.6 Å². The van der Waals surface area contributed by atoms with Gasteiger partial charge in [-0.3, -0.25) is 14.5 Å². The minimum atomic E-state index is -0.726. The second kappa shape index (κ2) is 9.25. The standard InChI is InChI=1S/C23H38N4O3/c1-2-13-25-15-11-23(12-16-25)21(29)27(22(30)24-23)19-8-5-14-26(17-19)20(28)10-9-18-6-3-4-7-18/h18-19H,2-17H2,1H3,(H,24,30)/t19-/m0/s1. The summed E-state index contributed by atoms with van der Waals surface area (Å²) >= 11 is 0. The lowest BCUT2D eigenvalue weighted by atomic mass is 9.87. The maximum absolute atomic E-state index is 13.4. The van der Waals surface area contributed by atoms with Crippen LogP contribution in [0, 0.1) is 5.92 Å². The largest absolute Gasteiger partial charge is 0.341 e. The molecule has 4 rings (SSSR count). The zero-order valence-corrected chi connectivity index (χ0v) is 18.5. The van der Waals surface area contributed by atoms with Gasteiger partial charge in [-0.2, -0.15) is 0 Å². The Bertz CT molecular complexity index is 653. The van der Waals surface area contributed by atoms with Crippen molar-refractivity contribution < 1.29 is 14.4 Å². The smallest absolute Gasteiger partial charge is 0.325 e. The molecule has 0 aromatic heterocycles. The van der Waals surface area contributed by atoms with Crippen molar-refractivity contribution in [1.82, 2.24) is 20.0 Å². The summed E-state index contributed by atoms with van der Waals surface area (Å²) in [5.74, 6) is 0.842. The Labute approximate surface area is 180 Å². The molecule has 0 aromatic rings. The number of urea groups is 1. The first-order valence-corrected chi connectivity index (χ1v) is 12.2. The van der Waals surface area contributed by atoms with Crippen molar-refractivity contribution in [3.8, 4) is 0 Å². The van der Waals surface area contributed by atoms with Gasteiger partial charge < -0.3 is 15.1 Å². The molecule has 1 aliphatic carbocycles. The van der Waals surface area contributed by atoms with E-state index in [0.29, 0.717) is 31.7 Å². The Hall–Kier alpha value is -1.63. The van der Waals surface area contributed by atoms with Gasteiger partial charge in [0.2, 0.25) is 5.91 Å². The van der Waals surface area contributed by atoms with Gasteiger partial charge in [0.15, 0.2) is 0 Å². The predicted molar refractivity (Wildman–Crippen MR) is 115 cm³/mol. The van der Waals surface area contributed by atoms with E-state index < -0.39 is 5.54 Å². The van der Waals surface area contributed by atoms with E-state index in [1.165, 1.54) is 30.6 Å². The number of imide groups is 1. The lowest BCUT2D eigenvalue weighted by molar-refractivity contribution is -0.139. The number of piperidine rings is 2. The SMILES string of the molecule is CCCN1CCC2(CC1)NC(=O)N([C@H]1CCCN(C(=O)CCC3CCCC3)C1)C2=O. The predicted octanol–water partition coefficient (Wildman–Crippen LogP) is 2.74. The summed E-state index contributed by atoms with van der Waals surface area (Å²) in [6.45, 7) is 6.16. The highest BCUT2D eigenvalue weighted by molar-refractivity contribution is 6.07. The van der Waals surface area contributed by atoms with E-state index in [9.17, 15) is 14.4 Å². The number of nitrogens with zero attached hydrogens (tertiary/aromatic N) is 3. The van der Waals surface area contributed by atoms with Crippen molar-refractivity contribution in [2.24, 2.45) is 5.92 Å². The molecule has 30 heavy (non-hydrogen) atoms. The molecule has 0 unspecified atom stereocenters. The van der Waals surface area contributed by atoms with Crippen LogP contribution in [0.25, 0.3) is 0 Å². The third kappa shape index (κ3) is 4.36. The van der Waals surface area contributed by atoms with E-state index >= 15 is 0 Å². The summed E-state index contributed by atoms with van der Waals surface area (Å²) in [7, 11) is 0. The van der Waals surface area contributed by atoms with Gasteiger partial charge in [0.1, 0.15) is 5.54 Å². The van der Waals surface area contributed by atoms with Crippen LogP contribution in [0.15, 0.2) is 0 Å². The van der Waals surface area contributed by atoms with E-state index in [1.54, 1.807) is 0 Å². The van der Waals surface area contributed by atoms with Gasteiger partial charge in [-0.25, -0.2) is 4.79 Å². The molecule has 7 nitrogen and oxygen atoms in total. The van der Waals surface area contributed by atoms with Crippen LogP contribution in [-0.4, -0.2) is 76.8 Å². The van der Waals surface area contributed by atoms with Crippen LogP contribution in [0.2, 0.25) is 0 Å². The topological polar surface area (TPSA) is 73.0 Å². The fourth-order valence-electron chi connectivity index (χ4n) is 5.96. The van der Waals surface area contributed by atoms with Crippen molar-refractivity contribution in [2.45, 2.75) is 89.1 Å². The molecule has 0 radical (unpaired) electrons. The number of hydrogen-bond acceptors (Lipinski definition) is 4. The van der Waals surface area contributed by atoms with Gasteiger partial charge in [-0.1, -0.05) is 32.6 Å². The maximum Gasteiger partial charge on any atom is 0.325 e. The number of hydrogen-bond donors (Lipinski definition) is 1. The average molecular weight is 419 g/mol. The van der Waals surface area contributed by atoms with Crippen LogP contribution in [-0.2, 0) is 9.59 Å². The third-order valence-corrected chi connectivity index (χ3v) is 7.80. The Morgan fingerprint density at radius 2 is 1.80 bits per heavy atom. The van der Waals surface area contributed by atoms with Crippen LogP contribution in [0.5, 0.6) is 0 Å². The number of nitrogens with one attached hydrogen (secondary N) is 1. The van der Waals surface area contributed by atoms with Crippen molar-refractivity contribution in [2.75, 3.05) is 32.7 Å². The summed E-state index contributed by atoms with van der Waals surface area (Å²) in [6, 6.07) is -0.441. The Balaban J connectivity index is 1.34. The lowest BCUT2D eigenvalue weighted by Gasteiger charge is -2.39. The summed E-state index contributed by atoms with van der Waals surface area (Å²) < 4.78 is 0. The molecule has 1 N–H and O–H groups in total. The van der Waals surface area contributed by atoms with E-state index in [1.807, 2.05) is 4.90 Å². The summed E-state index contributed by atoms with van der Waals surface area (Å²) in [5, 5.41) is 3.04. The maximum atomic E-state index is 13.4. The molecule has 0 bridgehead atoms. The lowest BCUT2D eigenvalue weighted by Crippen LogP contribution is -2.56. The highest BCUT2D eigenvalue weighted by Gasteiger charge is 2.54. The average Bonchev–Trinajstić information content (AvgIpc) is 3.35. The second-order valence-electron chi connectivity index (χ2n) is 9.85. The first-order valence-electron chi connectivity index (χ1n) is 12.2. The molecule has 4 fully saturated rings. The van der Waals surface area contributed by atoms with Crippen LogP contribution < -0.4 is 5.32 Å². The van der Waals surface area contributed by atoms with E-state index in [0.717, 1.165) is 51.9 Å². The number of likely N-dealkylation sites (tertiary alicyclic amines) is 2. The molecular formula is C23H38N4O3. The van der Waals surface area contributed by atoms with E-state index in [4.69, 9.17) is 0 Å². The fourth-order valence-corrected chi connectivity index (χ4v) is 5.96. The van der Waals surface area contributed by atoms with Gasteiger partial charge in [-0.15, -0.1) is 0 Å². The van der Waals surface area contributed by atoms with Crippen molar-refractivity contribution in [1.29, 1.82) is 0 Å². The van der Waals surface area contributed by atoms with Crippen molar-refractivity contribution in [3.63, 3.8) is 0 Å². The molecule has 3 heterocycles. The molecule has 1 spiro atoms. The van der Waals surface area contributed by atoms with Crippen molar-refractivity contribution in [3.05, 3.63) is 0 Å². The van der Waals surface area contributed by atoms with Gasteiger partial charge in [-0.05, 0) is 51.0 Å². The molecular weight excluding hydrogens is 380 g/mol. The molecule has 3 saturated heterocycles. The Morgan fingerprint density at radius 1 is 1.07 bits per heavy atom. The molecule has 3 aliphatic heterocycles. The summed E-state index contributed by atoms with van der Waals surface area (Å²) in [6.07, 6.45) is 10.8.